The summed E-state index contributed by atoms with van der Waals surface area (Å²) in [6, 6.07) is 18.3. The van der Waals surface area contributed by atoms with Crippen LogP contribution in [0, 0.1) is 5.92 Å². The number of hydrogen-bond donors (Lipinski definition) is 1. The highest BCUT2D eigenvalue weighted by molar-refractivity contribution is 6.01. The van der Waals surface area contributed by atoms with E-state index in [0.29, 0.717) is 12.0 Å². The Bertz CT molecular complexity index is 690. The molecule has 3 nitrogen and oxygen atoms in total. The molecule has 23 heavy (non-hydrogen) atoms. The second-order valence-electron chi connectivity index (χ2n) is 6.63. The first-order valence-electron chi connectivity index (χ1n) is 8.49. The van der Waals surface area contributed by atoms with Crippen LogP contribution in [-0.4, -0.2) is 36.5 Å². The molecule has 3 saturated heterocycles. The predicted molar refractivity (Wildman–Crippen MR) is 92.3 cm³/mol. The summed E-state index contributed by atoms with van der Waals surface area (Å²) >= 11 is 0. The van der Waals surface area contributed by atoms with E-state index in [1.165, 1.54) is 25.9 Å². The van der Waals surface area contributed by atoms with Crippen molar-refractivity contribution < 1.29 is 4.79 Å². The minimum absolute atomic E-state index is 0.0585. The third kappa shape index (κ3) is 2.89. The first kappa shape index (κ1) is 14.5. The molecule has 3 aliphatic heterocycles. The van der Waals surface area contributed by atoms with Crippen LogP contribution < -0.4 is 5.32 Å². The van der Waals surface area contributed by atoms with E-state index in [-0.39, 0.29) is 5.91 Å². The highest BCUT2D eigenvalue weighted by Gasteiger charge is 2.35. The molecule has 118 valence electrons. The van der Waals surface area contributed by atoms with E-state index in [9.17, 15) is 4.79 Å². The normalized spacial score (nSPS) is 26.0. The van der Waals surface area contributed by atoms with Crippen LogP contribution in [0.5, 0.6) is 0 Å². The lowest BCUT2D eigenvalue weighted by Crippen LogP contribution is -2.57. The summed E-state index contributed by atoms with van der Waals surface area (Å²) in [6.07, 6.45) is 2.43. The van der Waals surface area contributed by atoms with E-state index in [4.69, 9.17) is 0 Å². The minimum atomic E-state index is 0.0585. The Kier molecular flexibility index (Phi) is 3.88. The van der Waals surface area contributed by atoms with Crippen LogP contribution in [0.1, 0.15) is 23.2 Å². The lowest BCUT2D eigenvalue weighted by Gasteiger charge is -2.45. The van der Waals surface area contributed by atoms with Crippen molar-refractivity contribution in [1.29, 1.82) is 0 Å². The smallest absolute Gasteiger partial charge is 0.252 e. The van der Waals surface area contributed by atoms with Gasteiger partial charge in [-0.25, -0.2) is 0 Å². The summed E-state index contributed by atoms with van der Waals surface area (Å²) in [4.78, 5) is 15.3. The van der Waals surface area contributed by atoms with Gasteiger partial charge in [-0.3, -0.25) is 4.79 Å². The number of rotatable bonds is 3. The van der Waals surface area contributed by atoms with Gasteiger partial charge in [-0.1, -0.05) is 48.5 Å². The van der Waals surface area contributed by atoms with Crippen LogP contribution in [0.15, 0.2) is 54.6 Å². The summed E-state index contributed by atoms with van der Waals surface area (Å²) in [5, 5.41) is 3.30. The van der Waals surface area contributed by atoms with Crippen molar-refractivity contribution in [2.24, 2.45) is 5.92 Å². The lowest BCUT2D eigenvalue weighted by atomic mass is 9.84. The Morgan fingerprint density at radius 3 is 2.35 bits per heavy atom. The zero-order chi connectivity index (χ0) is 15.6. The van der Waals surface area contributed by atoms with Crippen molar-refractivity contribution in [3.8, 4) is 11.1 Å². The molecular formula is C20H22N2O. The van der Waals surface area contributed by atoms with Gasteiger partial charge in [0, 0.05) is 18.2 Å². The number of nitrogens with zero attached hydrogens (tertiary/aromatic N) is 1. The molecule has 2 bridgehead atoms. The minimum Gasteiger partial charge on any atom is -0.348 e. The number of nitrogens with one attached hydrogen (secondary N) is 1. The monoisotopic (exact) mass is 306 g/mol. The largest absolute Gasteiger partial charge is 0.348 e. The van der Waals surface area contributed by atoms with Gasteiger partial charge in [-0.05, 0) is 49.0 Å². The summed E-state index contributed by atoms with van der Waals surface area (Å²) in [5.74, 6) is 0.705. The van der Waals surface area contributed by atoms with Crippen molar-refractivity contribution in [3.05, 3.63) is 60.2 Å². The van der Waals surface area contributed by atoms with E-state index in [1.54, 1.807) is 0 Å². The standard InChI is InChI=1S/C20H22N2O/c23-20(21-19-14-22-12-10-16(19)11-13-22)18-9-5-4-8-17(18)15-6-2-1-3-7-15/h1-9,16,19H,10-14H2,(H,21,23). The molecule has 1 atom stereocenters. The quantitative estimate of drug-likeness (QED) is 0.944. The van der Waals surface area contributed by atoms with Gasteiger partial charge in [0.25, 0.3) is 5.91 Å². The van der Waals surface area contributed by atoms with Gasteiger partial charge in [-0.2, -0.15) is 0 Å². The Morgan fingerprint density at radius 2 is 1.65 bits per heavy atom. The van der Waals surface area contributed by atoms with Gasteiger partial charge in [0.15, 0.2) is 0 Å². The first-order chi connectivity index (χ1) is 11.3. The molecule has 2 aromatic carbocycles. The molecule has 1 N–H and O–H groups in total. The van der Waals surface area contributed by atoms with Crippen molar-refractivity contribution in [2.45, 2.75) is 18.9 Å². The van der Waals surface area contributed by atoms with Crippen LogP contribution in [0.3, 0.4) is 0 Å². The molecule has 3 heteroatoms. The summed E-state index contributed by atoms with van der Waals surface area (Å²) in [6.45, 7) is 3.39. The number of carbonyl (C=O) groups is 1. The molecule has 3 fully saturated rings. The molecule has 0 saturated carbocycles. The Labute approximate surface area is 137 Å². The molecule has 3 aliphatic rings. The van der Waals surface area contributed by atoms with Crippen LogP contribution in [0.25, 0.3) is 11.1 Å². The van der Waals surface area contributed by atoms with Gasteiger partial charge in [0.2, 0.25) is 0 Å². The Hall–Kier alpha value is -2.13. The van der Waals surface area contributed by atoms with Gasteiger partial charge in [-0.15, -0.1) is 0 Å². The van der Waals surface area contributed by atoms with Gasteiger partial charge < -0.3 is 10.2 Å². The van der Waals surface area contributed by atoms with Crippen molar-refractivity contribution in [1.82, 2.24) is 10.2 Å². The number of fused-ring (bicyclic) bond motifs is 3. The number of amides is 1. The van der Waals surface area contributed by atoms with Crippen LogP contribution >= 0.6 is 0 Å². The molecule has 2 aromatic rings. The fraction of sp³-hybridized carbons (Fsp3) is 0.350. The molecule has 5 rings (SSSR count). The third-order valence-electron chi connectivity index (χ3n) is 5.23. The van der Waals surface area contributed by atoms with E-state index in [1.807, 2.05) is 42.5 Å². The average molecular weight is 306 g/mol. The van der Waals surface area contributed by atoms with E-state index >= 15 is 0 Å². The molecular weight excluding hydrogens is 284 g/mol. The Morgan fingerprint density at radius 1 is 0.957 bits per heavy atom. The van der Waals surface area contributed by atoms with E-state index in [0.717, 1.165) is 23.2 Å². The van der Waals surface area contributed by atoms with Gasteiger partial charge >= 0.3 is 0 Å². The van der Waals surface area contributed by atoms with Gasteiger partial charge in [0.1, 0.15) is 0 Å². The summed E-state index contributed by atoms with van der Waals surface area (Å²) < 4.78 is 0. The number of piperidine rings is 3. The van der Waals surface area contributed by atoms with E-state index < -0.39 is 0 Å². The fourth-order valence-corrected chi connectivity index (χ4v) is 3.93. The second-order valence-corrected chi connectivity index (χ2v) is 6.63. The molecule has 0 aromatic heterocycles. The zero-order valence-corrected chi connectivity index (χ0v) is 13.2. The summed E-state index contributed by atoms with van der Waals surface area (Å²) in [7, 11) is 0. The fourth-order valence-electron chi connectivity index (χ4n) is 3.93. The highest BCUT2D eigenvalue weighted by Crippen LogP contribution is 2.28. The average Bonchev–Trinajstić information content (AvgIpc) is 2.63. The highest BCUT2D eigenvalue weighted by atomic mass is 16.1. The van der Waals surface area contributed by atoms with Crippen LogP contribution in [0.2, 0.25) is 0 Å². The number of benzene rings is 2. The van der Waals surface area contributed by atoms with Gasteiger partial charge in [0.05, 0.1) is 0 Å². The molecule has 1 amide bonds. The second kappa shape index (κ2) is 6.17. The maximum Gasteiger partial charge on any atom is 0.252 e. The Balaban J connectivity index is 1.57. The maximum absolute atomic E-state index is 12.9. The molecule has 0 radical (unpaired) electrons. The van der Waals surface area contributed by atoms with Crippen molar-refractivity contribution >= 4 is 5.91 Å². The molecule has 3 heterocycles. The lowest BCUT2D eigenvalue weighted by molar-refractivity contribution is 0.0621. The van der Waals surface area contributed by atoms with Crippen LogP contribution in [0.4, 0.5) is 0 Å². The van der Waals surface area contributed by atoms with Crippen LogP contribution in [-0.2, 0) is 0 Å². The zero-order valence-electron chi connectivity index (χ0n) is 13.2. The summed E-state index contributed by atoms with van der Waals surface area (Å²) in [5.41, 5.74) is 2.87. The topological polar surface area (TPSA) is 32.3 Å². The number of carbonyl (C=O) groups excluding carboxylic acids is 1. The number of hydrogen-bond acceptors (Lipinski definition) is 2. The third-order valence-corrected chi connectivity index (χ3v) is 5.23. The SMILES string of the molecule is O=C(NC1CN2CCC1CC2)c1ccccc1-c1ccccc1. The van der Waals surface area contributed by atoms with Crippen molar-refractivity contribution in [2.75, 3.05) is 19.6 Å². The maximum atomic E-state index is 12.9. The van der Waals surface area contributed by atoms with Crippen molar-refractivity contribution in [3.63, 3.8) is 0 Å². The predicted octanol–water partition coefficient (Wildman–Crippen LogP) is 3.18. The van der Waals surface area contributed by atoms with E-state index in [2.05, 4.69) is 22.3 Å². The molecule has 1 unspecified atom stereocenters. The first-order valence-corrected chi connectivity index (χ1v) is 8.49. The molecule has 0 spiro atoms. The molecule has 0 aliphatic carbocycles.